The average Bonchev–Trinajstić information content (AvgIpc) is 2.17. The first kappa shape index (κ1) is 12.0. The van der Waals surface area contributed by atoms with E-state index in [1.54, 1.807) is 0 Å². The molecule has 0 aliphatic carbocycles. The summed E-state index contributed by atoms with van der Waals surface area (Å²) in [5, 5.41) is 11.4. The van der Waals surface area contributed by atoms with Crippen LogP contribution in [0.5, 0.6) is 5.75 Å². The van der Waals surface area contributed by atoms with Crippen LogP contribution in [0, 0.1) is 13.8 Å². The summed E-state index contributed by atoms with van der Waals surface area (Å²) < 4.78 is 5.54. The van der Waals surface area contributed by atoms with E-state index in [9.17, 15) is 5.11 Å². The van der Waals surface area contributed by atoms with E-state index in [0.717, 1.165) is 11.3 Å². The van der Waals surface area contributed by atoms with Gasteiger partial charge in [-0.25, -0.2) is 0 Å². The third-order valence-corrected chi connectivity index (χ3v) is 2.27. The summed E-state index contributed by atoms with van der Waals surface area (Å²) in [6, 6.07) is 6.04. The Balaban J connectivity index is 2.50. The molecule has 0 radical (unpaired) electrons. The summed E-state index contributed by atoms with van der Waals surface area (Å²) in [5.74, 6) is 0.857. The molecule has 15 heavy (non-hydrogen) atoms. The second kappa shape index (κ2) is 5.73. The van der Waals surface area contributed by atoms with Gasteiger partial charge in [0.05, 0.1) is 7.05 Å². The lowest BCUT2D eigenvalue weighted by molar-refractivity contribution is -0.633. The molecule has 0 heterocycles. The van der Waals surface area contributed by atoms with Crippen molar-refractivity contribution in [3.05, 3.63) is 29.3 Å². The first-order valence-electron chi connectivity index (χ1n) is 5.29. The Bertz CT molecular complexity index is 312. The normalized spacial score (nSPS) is 12.5. The topological polar surface area (TPSA) is 46.1 Å². The van der Waals surface area contributed by atoms with Crippen LogP contribution in [0.3, 0.4) is 0 Å². The van der Waals surface area contributed by atoms with Gasteiger partial charge in [-0.2, -0.15) is 0 Å². The van der Waals surface area contributed by atoms with Gasteiger partial charge in [-0.3, -0.25) is 0 Å². The van der Waals surface area contributed by atoms with E-state index in [1.807, 2.05) is 31.4 Å². The SMILES string of the molecule is C[NH2+]C[C@H](O)COc1ccc(C)cc1C. The highest BCUT2D eigenvalue weighted by molar-refractivity contribution is 5.35. The molecule has 84 valence electrons. The Morgan fingerprint density at radius 2 is 2.13 bits per heavy atom. The maximum absolute atomic E-state index is 9.50. The fourth-order valence-corrected chi connectivity index (χ4v) is 1.49. The van der Waals surface area contributed by atoms with Crippen LogP contribution in [0.2, 0.25) is 0 Å². The van der Waals surface area contributed by atoms with Gasteiger partial charge < -0.3 is 15.2 Å². The van der Waals surface area contributed by atoms with E-state index >= 15 is 0 Å². The molecule has 1 atom stereocenters. The molecule has 0 bridgehead atoms. The highest BCUT2D eigenvalue weighted by atomic mass is 16.5. The molecule has 0 aliphatic heterocycles. The van der Waals surface area contributed by atoms with Crippen molar-refractivity contribution >= 4 is 0 Å². The van der Waals surface area contributed by atoms with Crippen LogP contribution in [0.15, 0.2) is 18.2 Å². The van der Waals surface area contributed by atoms with Crippen LogP contribution in [0.25, 0.3) is 0 Å². The molecule has 0 saturated heterocycles. The monoisotopic (exact) mass is 210 g/mol. The van der Waals surface area contributed by atoms with Crippen molar-refractivity contribution in [3.8, 4) is 5.75 Å². The van der Waals surface area contributed by atoms with Crippen LogP contribution in [-0.4, -0.2) is 31.4 Å². The molecule has 0 spiro atoms. The maximum atomic E-state index is 9.50. The fourth-order valence-electron chi connectivity index (χ4n) is 1.49. The first-order chi connectivity index (χ1) is 7.13. The fraction of sp³-hybridized carbons (Fsp3) is 0.500. The van der Waals surface area contributed by atoms with Gasteiger partial charge in [0.1, 0.15) is 25.0 Å². The van der Waals surface area contributed by atoms with Crippen molar-refractivity contribution in [3.63, 3.8) is 0 Å². The summed E-state index contributed by atoms with van der Waals surface area (Å²) in [5.41, 5.74) is 2.34. The zero-order chi connectivity index (χ0) is 11.3. The molecule has 3 nitrogen and oxygen atoms in total. The quantitative estimate of drug-likeness (QED) is 0.731. The van der Waals surface area contributed by atoms with Gasteiger partial charge in [0.25, 0.3) is 0 Å². The number of hydrogen-bond acceptors (Lipinski definition) is 2. The van der Waals surface area contributed by atoms with Gasteiger partial charge in [0.15, 0.2) is 0 Å². The second-order valence-corrected chi connectivity index (χ2v) is 3.88. The molecule has 1 aromatic carbocycles. The largest absolute Gasteiger partial charge is 0.490 e. The standard InChI is InChI=1S/C12H19NO2/c1-9-4-5-12(10(2)6-9)15-8-11(14)7-13-3/h4-6,11,13-14H,7-8H2,1-3H3/p+1/t11-/m0/s1. The van der Waals surface area contributed by atoms with Crippen LogP contribution in [0.4, 0.5) is 0 Å². The number of ether oxygens (including phenoxy) is 1. The molecular weight excluding hydrogens is 190 g/mol. The Labute approximate surface area is 91.1 Å². The Hall–Kier alpha value is -1.06. The number of aliphatic hydroxyl groups is 1. The highest BCUT2D eigenvalue weighted by Crippen LogP contribution is 2.18. The maximum Gasteiger partial charge on any atom is 0.137 e. The molecule has 3 N–H and O–H groups in total. The first-order valence-corrected chi connectivity index (χ1v) is 5.29. The number of rotatable bonds is 5. The summed E-state index contributed by atoms with van der Waals surface area (Å²) in [6.45, 7) is 5.09. The summed E-state index contributed by atoms with van der Waals surface area (Å²) in [4.78, 5) is 0. The third-order valence-electron chi connectivity index (χ3n) is 2.27. The average molecular weight is 210 g/mol. The molecule has 1 aromatic rings. The van der Waals surface area contributed by atoms with E-state index in [0.29, 0.717) is 13.2 Å². The molecule has 0 aromatic heterocycles. The lowest BCUT2D eigenvalue weighted by atomic mass is 10.1. The van der Waals surface area contributed by atoms with Crippen molar-refractivity contribution in [2.45, 2.75) is 20.0 Å². The predicted octanol–water partition coefficient (Wildman–Crippen LogP) is 0.236. The van der Waals surface area contributed by atoms with Gasteiger partial charge in [0, 0.05) is 0 Å². The molecule has 0 saturated carbocycles. The van der Waals surface area contributed by atoms with E-state index in [-0.39, 0.29) is 0 Å². The minimum atomic E-state index is -0.407. The summed E-state index contributed by atoms with van der Waals surface area (Å²) >= 11 is 0. The Morgan fingerprint density at radius 1 is 1.40 bits per heavy atom. The lowest BCUT2D eigenvalue weighted by Gasteiger charge is -2.12. The molecule has 0 unspecified atom stereocenters. The summed E-state index contributed by atoms with van der Waals surface area (Å²) in [7, 11) is 1.93. The summed E-state index contributed by atoms with van der Waals surface area (Å²) in [6.07, 6.45) is -0.407. The van der Waals surface area contributed by atoms with E-state index in [2.05, 4.69) is 13.0 Å². The molecule has 0 fully saturated rings. The molecule has 0 aliphatic rings. The van der Waals surface area contributed by atoms with Gasteiger partial charge in [-0.1, -0.05) is 17.7 Å². The van der Waals surface area contributed by atoms with Crippen LogP contribution in [-0.2, 0) is 0 Å². The lowest BCUT2D eigenvalue weighted by Crippen LogP contribution is -2.82. The molecule has 0 amide bonds. The van der Waals surface area contributed by atoms with Gasteiger partial charge in [0.2, 0.25) is 0 Å². The van der Waals surface area contributed by atoms with Crippen LogP contribution < -0.4 is 10.1 Å². The zero-order valence-electron chi connectivity index (χ0n) is 9.66. The third kappa shape index (κ3) is 3.90. The van der Waals surface area contributed by atoms with E-state index in [4.69, 9.17) is 4.74 Å². The minimum Gasteiger partial charge on any atom is -0.490 e. The Morgan fingerprint density at radius 3 is 2.73 bits per heavy atom. The van der Waals surface area contributed by atoms with Crippen molar-refractivity contribution < 1.29 is 15.2 Å². The Kier molecular flexibility index (Phi) is 4.59. The van der Waals surface area contributed by atoms with Crippen molar-refractivity contribution in [2.75, 3.05) is 20.2 Å². The zero-order valence-corrected chi connectivity index (χ0v) is 9.66. The van der Waals surface area contributed by atoms with Crippen LogP contribution >= 0.6 is 0 Å². The number of quaternary nitrogens is 1. The molecule has 3 heteroatoms. The number of likely N-dealkylation sites (N-methyl/N-ethyl adjacent to an activating group) is 1. The van der Waals surface area contributed by atoms with Crippen molar-refractivity contribution in [1.29, 1.82) is 0 Å². The van der Waals surface area contributed by atoms with Gasteiger partial charge >= 0.3 is 0 Å². The number of benzene rings is 1. The molecular formula is C12H20NO2+. The van der Waals surface area contributed by atoms with Crippen molar-refractivity contribution in [1.82, 2.24) is 0 Å². The number of aliphatic hydroxyl groups excluding tert-OH is 1. The number of hydrogen-bond donors (Lipinski definition) is 2. The smallest absolute Gasteiger partial charge is 0.137 e. The van der Waals surface area contributed by atoms with E-state index in [1.165, 1.54) is 5.56 Å². The van der Waals surface area contributed by atoms with Crippen LogP contribution in [0.1, 0.15) is 11.1 Å². The highest BCUT2D eigenvalue weighted by Gasteiger charge is 2.07. The number of nitrogens with two attached hydrogens (primary N) is 1. The van der Waals surface area contributed by atoms with E-state index < -0.39 is 6.10 Å². The molecule has 1 rings (SSSR count). The number of aryl methyl sites for hydroxylation is 2. The van der Waals surface area contributed by atoms with Gasteiger partial charge in [-0.15, -0.1) is 0 Å². The minimum absolute atomic E-state index is 0.355. The predicted molar refractivity (Wildman–Crippen MR) is 60.1 cm³/mol. The van der Waals surface area contributed by atoms with Crippen molar-refractivity contribution in [2.24, 2.45) is 0 Å². The van der Waals surface area contributed by atoms with Gasteiger partial charge in [-0.05, 0) is 25.5 Å². The second-order valence-electron chi connectivity index (χ2n) is 3.88.